The monoisotopic (exact) mass is 443 g/mol. The number of ketones is 3. The summed E-state index contributed by atoms with van der Waals surface area (Å²) in [5.74, 6) is -0.661. The van der Waals surface area contributed by atoms with E-state index in [1.807, 2.05) is 4.90 Å². The number of phenolic OH excluding ortho intramolecular Hbond substituents is 1. The number of phenols is 1. The van der Waals surface area contributed by atoms with Gasteiger partial charge in [0.25, 0.3) is 0 Å². The van der Waals surface area contributed by atoms with Crippen LogP contribution in [0.5, 0.6) is 5.75 Å². The Kier molecular flexibility index (Phi) is 8.49. The standard InChI is InChI=1S/C23H31N4O5/c24-12-22(31)18-3-1-5-21(30)19(11-15-6-8-16(28)9-7-15)26-23(32)20-4-2-10-27(20)14-17(29)13-25-18/h6-9,18-20,24-25,28H,1-5,10-14H2,(H,26,32)/t18?,19-,20-/m0/s1. The van der Waals surface area contributed by atoms with Crippen molar-refractivity contribution in [2.45, 2.75) is 56.7 Å². The van der Waals surface area contributed by atoms with E-state index in [4.69, 9.17) is 5.73 Å². The summed E-state index contributed by atoms with van der Waals surface area (Å²) in [7, 11) is 0. The van der Waals surface area contributed by atoms with E-state index in [1.165, 1.54) is 12.1 Å². The molecule has 1 radical (unpaired) electrons. The number of rotatable bonds is 4. The molecule has 0 spiro atoms. The molecule has 9 nitrogen and oxygen atoms in total. The predicted molar refractivity (Wildman–Crippen MR) is 117 cm³/mol. The molecule has 0 aliphatic carbocycles. The van der Waals surface area contributed by atoms with Crippen LogP contribution in [0, 0.1) is 0 Å². The van der Waals surface area contributed by atoms with Crippen LogP contribution in [-0.4, -0.2) is 77.6 Å². The van der Waals surface area contributed by atoms with Gasteiger partial charge in [-0.1, -0.05) is 12.1 Å². The number of benzene rings is 1. The first-order chi connectivity index (χ1) is 15.4. The SMILES string of the molecule is [NH]CC(=O)C1CCCC(=O)[C@H](Cc2ccc(O)cc2)NC(=O)[C@@H]2CCCN2CC(=O)CN1. The fourth-order valence-corrected chi connectivity index (χ4v) is 4.37. The zero-order valence-electron chi connectivity index (χ0n) is 18.1. The third-order valence-corrected chi connectivity index (χ3v) is 6.15. The third-order valence-electron chi connectivity index (χ3n) is 6.15. The molecule has 1 unspecified atom stereocenters. The van der Waals surface area contributed by atoms with Crippen molar-refractivity contribution in [3.63, 3.8) is 0 Å². The number of aromatic hydroxyl groups is 1. The van der Waals surface area contributed by atoms with Crippen molar-refractivity contribution in [2.75, 3.05) is 26.2 Å². The highest BCUT2D eigenvalue weighted by molar-refractivity contribution is 5.92. The Balaban J connectivity index is 1.79. The summed E-state index contributed by atoms with van der Waals surface area (Å²) < 4.78 is 0. The van der Waals surface area contributed by atoms with Crippen LogP contribution in [0.4, 0.5) is 0 Å². The van der Waals surface area contributed by atoms with Crippen LogP contribution < -0.4 is 16.4 Å². The molecule has 3 atom stereocenters. The molecule has 4 N–H and O–H groups in total. The van der Waals surface area contributed by atoms with E-state index in [9.17, 15) is 24.3 Å². The number of carbonyl (C=O) groups is 4. The maximum Gasteiger partial charge on any atom is 0.237 e. The van der Waals surface area contributed by atoms with Crippen LogP contribution in [0.15, 0.2) is 24.3 Å². The molecule has 32 heavy (non-hydrogen) atoms. The fourth-order valence-electron chi connectivity index (χ4n) is 4.37. The highest BCUT2D eigenvalue weighted by Gasteiger charge is 2.34. The number of amides is 1. The average Bonchev–Trinajstić information content (AvgIpc) is 3.23. The Labute approximate surface area is 187 Å². The molecule has 2 fully saturated rings. The van der Waals surface area contributed by atoms with Gasteiger partial charge in [-0.25, -0.2) is 5.73 Å². The number of fused-ring (bicyclic) bond motifs is 1. The Morgan fingerprint density at radius 3 is 2.59 bits per heavy atom. The van der Waals surface area contributed by atoms with Crippen LogP contribution in [-0.2, 0) is 25.6 Å². The van der Waals surface area contributed by atoms with Crippen LogP contribution in [0.2, 0.25) is 0 Å². The molecule has 2 saturated heterocycles. The molecule has 0 bridgehead atoms. The molecule has 2 heterocycles. The largest absolute Gasteiger partial charge is 0.508 e. The van der Waals surface area contributed by atoms with E-state index in [2.05, 4.69) is 10.6 Å². The van der Waals surface area contributed by atoms with Crippen molar-refractivity contribution in [3.05, 3.63) is 29.8 Å². The lowest BCUT2D eigenvalue weighted by atomic mass is 9.96. The lowest BCUT2D eigenvalue weighted by Crippen LogP contribution is -2.52. The van der Waals surface area contributed by atoms with Gasteiger partial charge in [-0.15, -0.1) is 0 Å². The lowest BCUT2D eigenvalue weighted by molar-refractivity contribution is -0.131. The second-order valence-corrected chi connectivity index (χ2v) is 8.53. The molecular formula is C23H31N4O5. The number of hydrogen-bond acceptors (Lipinski definition) is 7. The van der Waals surface area contributed by atoms with Gasteiger partial charge in [-0.05, 0) is 56.3 Å². The van der Waals surface area contributed by atoms with Crippen molar-refractivity contribution >= 4 is 23.3 Å². The number of hydrogen-bond donors (Lipinski definition) is 3. The van der Waals surface area contributed by atoms with Gasteiger partial charge in [0.05, 0.1) is 37.8 Å². The molecule has 9 heteroatoms. The summed E-state index contributed by atoms with van der Waals surface area (Å²) in [4.78, 5) is 52.5. The minimum Gasteiger partial charge on any atom is -0.508 e. The molecule has 1 aromatic rings. The van der Waals surface area contributed by atoms with Gasteiger partial charge in [0.2, 0.25) is 5.91 Å². The molecule has 3 rings (SSSR count). The van der Waals surface area contributed by atoms with E-state index in [0.29, 0.717) is 32.2 Å². The van der Waals surface area contributed by atoms with E-state index < -0.39 is 18.1 Å². The first kappa shape index (κ1) is 24.0. The van der Waals surface area contributed by atoms with Gasteiger partial charge in [0, 0.05) is 6.42 Å². The Hall–Kier alpha value is -2.62. The minimum absolute atomic E-state index is 0.00132. The zero-order valence-corrected chi connectivity index (χ0v) is 18.1. The quantitative estimate of drug-likeness (QED) is 0.596. The maximum absolute atomic E-state index is 13.0. The first-order valence-corrected chi connectivity index (χ1v) is 11.1. The van der Waals surface area contributed by atoms with Crippen molar-refractivity contribution in [1.82, 2.24) is 21.3 Å². The van der Waals surface area contributed by atoms with Gasteiger partial charge in [0.1, 0.15) is 5.75 Å². The van der Waals surface area contributed by atoms with Crippen molar-refractivity contribution < 1.29 is 24.3 Å². The summed E-state index contributed by atoms with van der Waals surface area (Å²) in [5, 5.41) is 15.4. The average molecular weight is 444 g/mol. The first-order valence-electron chi connectivity index (χ1n) is 11.1. The summed E-state index contributed by atoms with van der Waals surface area (Å²) in [6.07, 6.45) is 2.64. The number of Topliss-reactive ketones (excluding diaryl/α,β-unsaturated/α-hetero) is 3. The van der Waals surface area contributed by atoms with Gasteiger partial charge in [0.15, 0.2) is 17.3 Å². The molecule has 173 valence electrons. The predicted octanol–water partition coefficient (Wildman–Crippen LogP) is 0.0162. The van der Waals surface area contributed by atoms with E-state index in [0.717, 1.165) is 12.0 Å². The molecular weight excluding hydrogens is 412 g/mol. The Bertz CT molecular complexity index is 841. The topological polar surface area (TPSA) is 140 Å². The van der Waals surface area contributed by atoms with Gasteiger partial charge >= 0.3 is 0 Å². The van der Waals surface area contributed by atoms with Gasteiger partial charge < -0.3 is 15.7 Å². The van der Waals surface area contributed by atoms with Crippen molar-refractivity contribution in [1.29, 1.82) is 0 Å². The van der Waals surface area contributed by atoms with Crippen molar-refractivity contribution in [2.24, 2.45) is 0 Å². The molecule has 1 amide bonds. The summed E-state index contributed by atoms with van der Waals surface area (Å²) in [6, 6.07) is 4.68. The summed E-state index contributed by atoms with van der Waals surface area (Å²) >= 11 is 0. The zero-order chi connectivity index (χ0) is 23.1. The van der Waals surface area contributed by atoms with Crippen LogP contribution in [0.1, 0.15) is 37.7 Å². The maximum atomic E-state index is 13.0. The van der Waals surface area contributed by atoms with E-state index in [-0.39, 0.29) is 55.1 Å². The minimum atomic E-state index is -0.730. The van der Waals surface area contributed by atoms with Crippen molar-refractivity contribution in [3.8, 4) is 5.75 Å². The third kappa shape index (κ3) is 6.44. The van der Waals surface area contributed by atoms with Crippen LogP contribution in [0.3, 0.4) is 0 Å². The highest BCUT2D eigenvalue weighted by atomic mass is 16.3. The van der Waals surface area contributed by atoms with Gasteiger partial charge in [-0.3, -0.25) is 24.1 Å². The molecule has 0 saturated carbocycles. The van der Waals surface area contributed by atoms with Gasteiger partial charge in [-0.2, -0.15) is 0 Å². The van der Waals surface area contributed by atoms with Crippen LogP contribution in [0.25, 0.3) is 0 Å². The number of carbonyl (C=O) groups excluding carboxylic acids is 4. The summed E-state index contributed by atoms with van der Waals surface area (Å²) in [6.45, 7) is 0.338. The van der Waals surface area contributed by atoms with Crippen LogP contribution >= 0.6 is 0 Å². The highest BCUT2D eigenvalue weighted by Crippen LogP contribution is 2.19. The second kappa shape index (κ2) is 11.3. The summed E-state index contributed by atoms with van der Waals surface area (Å²) in [5.41, 5.74) is 8.19. The fraction of sp³-hybridized carbons (Fsp3) is 0.565. The number of nitrogens with one attached hydrogen (secondary N) is 3. The van der Waals surface area contributed by atoms with E-state index >= 15 is 0 Å². The Morgan fingerprint density at radius 2 is 1.88 bits per heavy atom. The van der Waals surface area contributed by atoms with E-state index in [1.54, 1.807) is 12.1 Å². The number of nitrogens with zero attached hydrogens (tertiary/aromatic N) is 1. The molecule has 1 aromatic carbocycles. The second-order valence-electron chi connectivity index (χ2n) is 8.53. The molecule has 2 aliphatic rings. The molecule has 2 aliphatic heterocycles. The molecule has 0 aromatic heterocycles. The normalized spacial score (nSPS) is 26.3. The Morgan fingerprint density at radius 1 is 1.12 bits per heavy atom. The smallest absolute Gasteiger partial charge is 0.237 e. The lowest BCUT2D eigenvalue weighted by Gasteiger charge is -2.27.